The van der Waals surface area contributed by atoms with Crippen molar-refractivity contribution in [2.75, 3.05) is 0 Å². The summed E-state index contributed by atoms with van der Waals surface area (Å²) >= 11 is 0. The zero-order valence-corrected chi connectivity index (χ0v) is 10.1. The van der Waals surface area contributed by atoms with Crippen LogP contribution in [0.15, 0.2) is 48.5 Å². The van der Waals surface area contributed by atoms with Crippen LogP contribution in [0.2, 0.25) is 0 Å². The van der Waals surface area contributed by atoms with Crippen LogP contribution in [0.3, 0.4) is 0 Å². The largest absolute Gasteiger partial charge is 0.508 e. The Balaban J connectivity index is 2.21. The predicted molar refractivity (Wildman–Crippen MR) is 67.0 cm³/mol. The highest BCUT2D eigenvalue weighted by Gasteiger charge is 2.33. The molecular weight excluding hydrogens is 253 g/mol. The van der Waals surface area contributed by atoms with E-state index in [2.05, 4.69) is 0 Å². The summed E-state index contributed by atoms with van der Waals surface area (Å²) in [5, 5.41) is 9.19. The number of alkyl halides is 3. The first-order chi connectivity index (χ1) is 8.97. The molecule has 0 aliphatic carbocycles. The molecule has 2 rings (SSSR count). The molecule has 1 N–H and O–H groups in total. The lowest BCUT2D eigenvalue weighted by Crippen LogP contribution is -2.09. The second-order valence-corrected chi connectivity index (χ2v) is 4.32. The molecule has 1 nitrogen and oxygen atoms in total. The van der Waals surface area contributed by atoms with E-state index in [1.54, 1.807) is 0 Å². The van der Waals surface area contributed by atoms with Gasteiger partial charge in [-0.2, -0.15) is 13.2 Å². The van der Waals surface area contributed by atoms with Gasteiger partial charge in [0, 0.05) is 0 Å². The molecule has 0 aliphatic heterocycles. The van der Waals surface area contributed by atoms with Crippen molar-refractivity contribution >= 4 is 0 Å². The lowest BCUT2D eigenvalue weighted by atomic mass is 9.99. The van der Waals surface area contributed by atoms with Gasteiger partial charge in [-0.3, -0.25) is 0 Å². The molecule has 0 atom stereocenters. The Labute approximate surface area is 109 Å². The maximum absolute atomic E-state index is 12.8. The minimum absolute atomic E-state index is 0.203. The fraction of sp³-hybridized carbons (Fsp3) is 0.200. The van der Waals surface area contributed by atoms with Crippen LogP contribution < -0.4 is 0 Å². The van der Waals surface area contributed by atoms with E-state index in [1.165, 1.54) is 12.1 Å². The highest BCUT2D eigenvalue weighted by Crippen LogP contribution is 2.34. The molecule has 0 fully saturated rings. The quantitative estimate of drug-likeness (QED) is 0.882. The molecule has 19 heavy (non-hydrogen) atoms. The third-order valence-corrected chi connectivity index (χ3v) is 2.92. The van der Waals surface area contributed by atoms with Crippen molar-refractivity contribution in [2.24, 2.45) is 0 Å². The van der Waals surface area contributed by atoms with Crippen molar-refractivity contribution < 1.29 is 18.3 Å². The maximum Gasteiger partial charge on any atom is 0.416 e. The van der Waals surface area contributed by atoms with Gasteiger partial charge in [0.2, 0.25) is 0 Å². The molecule has 0 bridgehead atoms. The first-order valence-corrected chi connectivity index (χ1v) is 5.90. The number of rotatable bonds is 3. The van der Waals surface area contributed by atoms with Crippen molar-refractivity contribution in [3.05, 3.63) is 65.2 Å². The molecule has 2 aromatic rings. The SMILES string of the molecule is Oc1ccc(CCc2ccccc2)c(C(F)(F)F)c1. The molecule has 0 amide bonds. The Kier molecular flexibility index (Phi) is 3.79. The fourth-order valence-electron chi connectivity index (χ4n) is 1.97. The molecule has 0 heterocycles. The third-order valence-electron chi connectivity index (χ3n) is 2.92. The lowest BCUT2D eigenvalue weighted by molar-refractivity contribution is -0.138. The monoisotopic (exact) mass is 266 g/mol. The van der Waals surface area contributed by atoms with Crippen LogP contribution in [0.5, 0.6) is 5.75 Å². The highest BCUT2D eigenvalue weighted by molar-refractivity contribution is 5.37. The Morgan fingerprint density at radius 1 is 0.895 bits per heavy atom. The van der Waals surface area contributed by atoms with Gasteiger partial charge in [0.1, 0.15) is 5.75 Å². The van der Waals surface area contributed by atoms with Gasteiger partial charge in [-0.05, 0) is 36.1 Å². The average molecular weight is 266 g/mol. The van der Waals surface area contributed by atoms with E-state index in [4.69, 9.17) is 0 Å². The van der Waals surface area contributed by atoms with E-state index in [-0.39, 0.29) is 11.3 Å². The number of hydrogen-bond acceptors (Lipinski definition) is 1. The van der Waals surface area contributed by atoms with Gasteiger partial charge in [0.05, 0.1) is 5.56 Å². The smallest absolute Gasteiger partial charge is 0.416 e. The second kappa shape index (κ2) is 5.34. The van der Waals surface area contributed by atoms with Crippen molar-refractivity contribution in [2.45, 2.75) is 19.0 Å². The first-order valence-electron chi connectivity index (χ1n) is 5.90. The minimum atomic E-state index is -4.44. The molecule has 0 unspecified atom stereocenters. The minimum Gasteiger partial charge on any atom is -0.508 e. The van der Waals surface area contributed by atoms with E-state index in [0.717, 1.165) is 11.6 Å². The molecule has 0 saturated heterocycles. The normalized spacial score (nSPS) is 11.5. The fourth-order valence-corrected chi connectivity index (χ4v) is 1.97. The van der Waals surface area contributed by atoms with Crippen LogP contribution in [-0.4, -0.2) is 5.11 Å². The number of halogens is 3. The van der Waals surface area contributed by atoms with Gasteiger partial charge in [-0.25, -0.2) is 0 Å². The number of phenolic OH excluding ortho intramolecular Hbond substituents is 1. The van der Waals surface area contributed by atoms with Gasteiger partial charge in [0.25, 0.3) is 0 Å². The Hall–Kier alpha value is -1.97. The van der Waals surface area contributed by atoms with E-state index in [1.807, 2.05) is 30.3 Å². The molecule has 0 aliphatic rings. The standard InChI is InChI=1S/C15H13F3O/c16-15(17,18)14-10-13(19)9-8-12(14)7-6-11-4-2-1-3-5-11/h1-5,8-10,19H,6-7H2. The Morgan fingerprint density at radius 3 is 2.21 bits per heavy atom. The molecule has 2 aromatic carbocycles. The lowest BCUT2D eigenvalue weighted by Gasteiger charge is -2.13. The second-order valence-electron chi connectivity index (χ2n) is 4.32. The molecule has 0 aromatic heterocycles. The summed E-state index contributed by atoms with van der Waals surface area (Å²) in [6, 6.07) is 12.7. The highest BCUT2D eigenvalue weighted by atomic mass is 19.4. The molecule has 0 radical (unpaired) electrons. The van der Waals surface area contributed by atoms with Crippen LogP contribution >= 0.6 is 0 Å². The summed E-state index contributed by atoms with van der Waals surface area (Å²) < 4.78 is 38.5. The first kappa shape index (κ1) is 13.5. The van der Waals surface area contributed by atoms with Gasteiger partial charge < -0.3 is 5.11 Å². The van der Waals surface area contributed by atoms with E-state index < -0.39 is 11.7 Å². The molecule has 0 spiro atoms. The van der Waals surface area contributed by atoms with Crippen molar-refractivity contribution in [1.82, 2.24) is 0 Å². The van der Waals surface area contributed by atoms with Gasteiger partial charge in [-0.1, -0.05) is 36.4 Å². The summed E-state index contributed by atoms with van der Waals surface area (Å²) in [5.74, 6) is -0.365. The summed E-state index contributed by atoms with van der Waals surface area (Å²) in [6.45, 7) is 0. The van der Waals surface area contributed by atoms with Crippen LogP contribution in [0.25, 0.3) is 0 Å². The zero-order valence-electron chi connectivity index (χ0n) is 10.1. The summed E-state index contributed by atoms with van der Waals surface area (Å²) in [6.07, 6.45) is -3.61. The van der Waals surface area contributed by atoms with Crippen LogP contribution in [0.1, 0.15) is 16.7 Å². The number of aromatic hydroxyl groups is 1. The third kappa shape index (κ3) is 3.50. The average Bonchev–Trinajstić information content (AvgIpc) is 2.37. The summed E-state index contributed by atoms with van der Waals surface area (Å²) in [7, 11) is 0. The number of benzene rings is 2. The van der Waals surface area contributed by atoms with Crippen molar-refractivity contribution in [1.29, 1.82) is 0 Å². The Morgan fingerprint density at radius 2 is 1.58 bits per heavy atom. The molecule has 100 valence electrons. The predicted octanol–water partition coefficient (Wildman–Crippen LogP) is 4.20. The van der Waals surface area contributed by atoms with Gasteiger partial charge in [-0.15, -0.1) is 0 Å². The van der Waals surface area contributed by atoms with Gasteiger partial charge >= 0.3 is 6.18 Å². The molecular formula is C15H13F3O. The van der Waals surface area contributed by atoms with Crippen LogP contribution in [-0.2, 0) is 19.0 Å². The topological polar surface area (TPSA) is 20.2 Å². The molecule has 4 heteroatoms. The van der Waals surface area contributed by atoms with Gasteiger partial charge in [0.15, 0.2) is 0 Å². The Bertz CT molecular complexity index is 547. The number of phenols is 1. The van der Waals surface area contributed by atoms with E-state index in [9.17, 15) is 18.3 Å². The van der Waals surface area contributed by atoms with Crippen LogP contribution in [0.4, 0.5) is 13.2 Å². The zero-order chi connectivity index (χ0) is 13.9. The van der Waals surface area contributed by atoms with Crippen molar-refractivity contribution in [3.63, 3.8) is 0 Å². The van der Waals surface area contributed by atoms with Crippen molar-refractivity contribution in [3.8, 4) is 5.75 Å². The van der Waals surface area contributed by atoms with E-state index >= 15 is 0 Å². The number of aryl methyl sites for hydroxylation is 2. The maximum atomic E-state index is 12.8. The summed E-state index contributed by atoms with van der Waals surface area (Å²) in [5.41, 5.74) is 0.432. The molecule has 0 saturated carbocycles. The number of hydrogen-bond donors (Lipinski definition) is 1. The van der Waals surface area contributed by atoms with Crippen LogP contribution in [0, 0.1) is 0 Å². The van der Waals surface area contributed by atoms with E-state index in [0.29, 0.717) is 12.8 Å². The summed E-state index contributed by atoms with van der Waals surface area (Å²) in [4.78, 5) is 0.